The number of hydrogen-bond acceptors (Lipinski definition) is 1. The Morgan fingerprint density at radius 2 is 1.53 bits per heavy atom. The summed E-state index contributed by atoms with van der Waals surface area (Å²) in [6, 6.07) is 0. The van der Waals surface area contributed by atoms with Gasteiger partial charge in [0.1, 0.15) is 0 Å². The molecule has 4 aliphatic carbocycles. The van der Waals surface area contributed by atoms with Crippen LogP contribution in [-0.4, -0.2) is 6.54 Å². The van der Waals surface area contributed by atoms with Crippen molar-refractivity contribution in [1.82, 2.24) is 0 Å². The van der Waals surface area contributed by atoms with Crippen LogP contribution in [0.5, 0.6) is 0 Å². The van der Waals surface area contributed by atoms with Crippen LogP contribution in [0.1, 0.15) is 77.6 Å². The fourth-order valence-electron chi connectivity index (χ4n) is 6.18. The molecule has 0 heterocycles. The Morgan fingerprint density at radius 1 is 0.947 bits per heavy atom. The lowest BCUT2D eigenvalue weighted by molar-refractivity contribution is -0.0602. The van der Waals surface area contributed by atoms with Gasteiger partial charge >= 0.3 is 0 Å². The van der Waals surface area contributed by atoms with E-state index in [-0.39, 0.29) is 0 Å². The summed E-state index contributed by atoms with van der Waals surface area (Å²) >= 11 is 0. The second-order valence-electron chi connectivity index (χ2n) is 8.19. The Kier molecular flexibility index (Phi) is 4.22. The zero-order chi connectivity index (χ0) is 13.3. The lowest BCUT2D eigenvalue weighted by Gasteiger charge is -2.57. The summed E-state index contributed by atoms with van der Waals surface area (Å²) < 4.78 is 0. The van der Waals surface area contributed by atoms with Crippen LogP contribution in [-0.2, 0) is 0 Å². The van der Waals surface area contributed by atoms with Crippen LogP contribution in [0.25, 0.3) is 0 Å². The molecule has 110 valence electrons. The quantitative estimate of drug-likeness (QED) is 0.705. The third-order valence-electron chi connectivity index (χ3n) is 6.52. The highest BCUT2D eigenvalue weighted by molar-refractivity contribution is 5.01. The van der Waals surface area contributed by atoms with Gasteiger partial charge in [-0.05, 0) is 93.4 Å². The maximum absolute atomic E-state index is 5.80. The third kappa shape index (κ3) is 3.01. The summed E-state index contributed by atoms with van der Waals surface area (Å²) in [5.74, 6) is 4.27. The Bertz CT molecular complexity index is 255. The first-order valence-electron chi connectivity index (χ1n) is 8.93. The van der Waals surface area contributed by atoms with Crippen molar-refractivity contribution in [2.24, 2.45) is 34.8 Å². The topological polar surface area (TPSA) is 26.0 Å². The molecule has 0 aromatic heterocycles. The summed E-state index contributed by atoms with van der Waals surface area (Å²) in [7, 11) is 0. The third-order valence-corrected chi connectivity index (χ3v) is 6.52. The van der Waals surface area contributed by atoms with Crippen LogP contribution in [0.4, 0.5) is 0 Å². The van der Waals surface area contributed by atoms with Gasteiger partial charge in [-0.3, -0.25) is 0 Å². The van der Waals surface area contributed by atoms with Crippen LogP contribution >= 0.6 is 0 Å². The van der Waals surface area contributed by atoms with Crippen molar-refractivity contribution in [3.8, 4) is 0 Å². The van der Waals surface area contributed by atoms with Gasteiger partial charge in [-0.1, -0.05) is 19.8 Å². The molecule has 4 bridgehead atoms. The minimum atomic E-state index is 0.787. The average molecular weight is 263 g/mol. The molecule has 0 aliphatic heterocycles. The highest BCUT2D eigenvalue weighted by Gasteiger charge is 2.50. The van der Waals surface area contributed by atoms with E-state index in [2.05, 4.69) is 6.92 Å². The van der Waals surface area contributed by atoms with E-state index in [0.717, 1.165) is 35.6 Å². The molecular weight excluding hydrogens is 230 g/mol. The molecule has 0 radical (unpaired) electrons. The normalized spacial score (nSPS) is 41.7. The van der Waals surface area contributed by atoms with Crippen molar-refractivity contribution in [3.05, 3.63) is 0 Å². The van der Waals surface area contributed by atoms with Crippen molar-refractivity contribution in [2.45, 2.75) is 77.6 Å². The van der Waals surface area contributed by atoms with Crippen LogP contribution in [0.15, 0.2) is 0 Å². The van der Waals surface area contributed by atoms with E-state index in [1.54, 1.807) is 38.5 Å². The van der Waals surface area contributed by atoms with Crippen LogP contribution in [0.3, 0.4) is 0 Å². The first-order chi connectivity index (χ1) is 9.23. The lowest BCUT2D eigenvalue weighted by Crippen LogP contribution is -2.46. The fraction of sp³-hybridized carbons (Fsp3) is 1.00. The summed E-state index contributed by atoms with van der Waals surface area (Å²) in [6.45, 7) is 3.22. The van der Waals surface area contributed by atoms with Gasteiger partial charge in [-0.15, -0.1) is 0 Å². The Morgan fingerprint density at radius 3 is 2.00 bits per heavy atom. The molecule has 1 atom stereocenters. The van der Waals surface area contributed by atoms with Gasteiger partial charge in [0.25, 0.3) is 0 Å². The summed E-state index contributed by atoms with van der Waals surface area (Å²) in [5.41, 5.74) is 6.58. The van der Waals surface area contributed by atoms with Gasteiger partial charge in [0, 0.05) is 0 Å². The molecule has 0 amide bonds. The van der Waals surface area contributed by atoms with E-state index in [9.17, 15) is 0 Å². The van der Waals surface area contributed by atoms with E-state index in [1.165, 1.54) is 32.1 Å². The molecule has 19 heavy (non-hydrogen) atoms. The summed E-state index contributed by atoms with van der Waals surface area (Å²) in [6.07, 6.45) is 16.5. The predicted molar refractivity (Wildman–Crippen MR) is 81.9 cm³/mol. The van der Waals surface area contributed by atoms with Crippen LogP contribution in [0, 0.1) is 29.1 Å². The highest BCUT2D eigenvalue weighted by atomic mass is 14.6. The zero-order valence-corrected chi connectivity index (χ0v) is 12.9. The summed E-state index contributed by atoms with van der Waals surface area (Å²) in [5, 5.41) is 0. The molecule has 1 heteroatoms. The molecule has 1 nitrogen and oxygen atoms in total. The largest absolute Gasteiger partial charge is 0.330 e. The molecule has 0 saturated heterocycles. The summed E-state index contributed by atoms with van der Waals surface area (Å²) in [4.78, 5) is 0. The molecule has 0 aromatic carbocycles. The predicted octanol–water partition coefficient (Wildman–Crippen LogP) is 4.75. The second-order valence-corrected chi connectivity index (χ2v) is 8.19. The van der Waals surface area contributed by atoms with Gasteiger partial charge in [-0.25, -0.2) is 0 Å². The monoisotopic (exact) mass is 263 g/mol. The minimum Gasteiger partial charge on any atom is -0.330 e. The van der Waals surface area contributed by atoms with Gasteiger partial charge in [0.05, 0.1) is 0 Å². The van der Waals surface area contributed by atoms with E-state index in [4.69, 9.17) is 5.73 Å². The standard InChI is InChI=1S/C18H33N/c1-2-3-14(5-7-19)4-6-18-11-15-8-16(12-18)10-17(9-15)13-18/h14-17H,2-13,19H2,1H3. The van der Waals surface area contributed by atoms with Crippen molar-refractivity contribution in [1.29, 1.82) is 0 Å². The SMILES string of the molecule is CCCC(CCN)CCC12CC3CC(CC(C3)C1)C2. The Hall–Kier alpha value is -0.0400. The first-order valence-corrected chi connectivity index (χ1v) is 8.93. The average Bonchev–Trinajstić information content (AvgIpc) is 2.35. The zero-order valence-electron chi connectivity index (χ0n) is 12.9. The molecule has 4 fully saturated rings. The van der Waals surface area contributed by atoms with Gasteiger partial charge < -0.3 is 5.73 Å². The van der Waals surface area contributed by atoms with Gasteiger partial charge in [0.2, 0.25) is 0 Å². The number of rotatable bonds is 7. The minimum absolute atomic E-state index is 0.787. The molecule has 4 rings (SSSR count). The smallest absolute Gasteiger partial charge is 0.00746 e. The van der Waals surface area contributed by atoms with Crippen LogP contribution in [0.2, 0.25) is 0 Å². The highest BCUT2D eigenvalue weighted by Crippen LogP contribution is 2.61. The van der Waals surface area contributed by atoms with Gasteiger partial charge in [0.15, 0.2) is 0 Å². The van der Waals surface area contributed by atoms with Crippen LogP contribution < -0.4 is 5.73 Å². The van der Waals surface area contributed by atoms with E-state index in [0.29, 0.717) is 0 Å². The first kappa shape index (κ1) is 13.9. The molecule has 1 unspecified atom stereocenters. The molecule has 2 N–H and O–H groups in total. The fourth-order valence-corrected chi connectivity index (χ4v) is 6.18. The molecular formula is C18H33N. The molecule has 0 spiro atoms. The maximum Gasteiger partial charge on any atom is -0.00746 e. The van der Waals surface area contributed by atoms with Gasteiger partial charge in [-0.2, -0.15) is 0 Å². The maximum atomic E-state index is 5.80. The Labute approximate surface area is 119 Å². The van der Waals surface area contributed by atoms with Crippen molar-refractivity contribution < 1.29 is 0 Å². The van der Waals surface area contributed by atoms with Crippen molar-refractivity contribution >= 4 is 0 Å². The lowest BCUT2D eigenvalue weighted by atomic mass is 9.48. The van der Waals surface area contributed by atoms with Crippen molar-refractivity contribution in [2.75, 3.05) is 6.54 Å². The Balaban J connectivity index is 1.56. The number of nitrogens with two attached hydrogens (primary N) is 1. The molecule has 0 aromatic rings. The van der Waals surface area contributed by atoms with E-state index < -0.39 is 0 Å². The number of hydrogen-bond donors (Lipinski definition) is 1. The second kappa shape index (κ2) is 5.76. The molecule has 4 aliphatic rings. The molecule has 4 saturated carbocycles. The van der Waals surface area contributed by atoms with E-state index >= 15 is 0 Å². The van der Waals surface area contributed by atoms with E-state index in [1.807, 2.05) is 0 Å². The van der Waals surface area contributed by atoms with Crippen molar-refractivity contribution in [3.63, 3.8) is 0 Å².